The summed E-state index contributed by atoms with van der Waals surface area (Å²) in [6.45, 7) is 0.674. The lowest BCUT2D eigenvalue weighted by Gasteiger charge is -2.19. The minimum Gasteiger partial charge on any atom is -0.353 e. The van der Waals surface area contributed by atoms with Gasteiger partial charge in [0.2, 0.25) is 5.91 Å². The monoisotopic (exact) mass is 250 g/mol. The van der Waals surface area contributed by atoms with Gasteiger partial charge < -0.3 is 11.1 Å². The summed E-state index contributed by atoms with van der Waals surface area (Å²) in [6, 6.07) is 0.288. The van der Waals surface area contributed by atoms with Gasteiger partial charge >= 0.3 is 0 Å². The smallest absolute Gasteiger partial charge is 0.220 e. The second-order valence-electron chi connectivity index (χ2n) is 5.12. The maximum atomic E-state index is 11.9. The van der Waals surface area contributed by atoms with Crippen LogP contribution in [0.1, 0.15) is 31.2 Å². The predicted octanol–water partition coefficient (Wildman–Crippen LogP) is 0.596. The molecular formula is C13H22N4O. The van der Waals surface area contributed by atoms with Crippen LogP contribution >= 0.6 is 0 Å². The van der Waals surface area contributed by atoms with Crippen molar-refractivity contribution >= 4 is 5.91 Å². The van der Waals surface area contributed by atoms with E-state index in [1.165, 1.54) is 6.42 Å². The van der Waals surface area contributed by atoms with Crippen LogP contribution in [0, 0.1) is 5.92 Å². The second kappa shape index (κ2) is 6.00. The first-order valence-corrected chi connectivity index (χ1v) is 6.66. The Kier molecular flexibility index (Phi) is 4.36. The van der Waals surface area contributed by atoms with Gasteiger partial charge in [-0.2, -0.15) is 5.10 Å². The first-order valence-electron chi connectivity index (χ1n) is 6.66. The second-order valence-corrected chi connectivity index (χ2v) is 5.12. The predicted molar refractivity (Wildman–Crippen MR) is 69.9 cm³/mol. The molecule has 1 amide bonds. The summed E-state index contributed by atoms with van der Waals surface area (Å²) in [5.41, 5.74) is 6.81. The Morgan fingerprint density at radius 3 is 3.11 bits per heavy atom. The van der Waals surface area contributed by atoms with E-state index in [1.807, 2.05) is 19.4 Å². The summed E-state index contributed by atoms with van der Waals surface area (Å²) >= 11 is 0. The number of nitrogens with two attached hydrogens (primary N) is 1. The molecule has 0 spiro atoms. The number of carbonyl (C=O) groups is 1. The normalized spacial score (nSPS) is 23.2. The number of hydrogen-bond acceptors (Lipinski definition) is 3. The summed E-state index contributed by atoms with van der Waals surface area (Å²) in [6.07, 6.45) is 8.43. The molecule has 0 saturated heterocycles. The van der Waals surface area contributed by atoms with Gasteiger partial charge in [-0.3, -0.25) is 9.48 Å². The van der Waals surface area contributed by atoms with E-state index >= 15 is 0 Å². The molecule has 2 unspecified atom stereocenters. The Morgan fingerprint density at radius 1 is 1.61 bits per heavy atom. The number of nitrogens with one attached hydrogen (secondary N) is 1. The summed E-state index contributed by atoms with van der Waals surface area (Å²) in [7, 11) is 1.88. The minimum atomic E-state index is 0.129. The molecule has 1 aliphatic carbocycles. The van der Waals surface area contributed by atoms with Crippen molar-refractivity contribution in [1.82, 2.24) is 15.1 Å². The highest BCUT2D eigenvalue weighted by molar-refractivity contribution is 5.76. The van der Waals surface area contributed by atoms with E-state index in [2.05, 4.69) is 10.4 Å². The van der Waals surface area contributed by atoms with Crippen molar-refractivity contribution in [2.45, 2.75) is 38.1 Å². The number of carbonyl (C=O) groups excluding carboxylic acids is 1. The molecule has 1 aromatic heterocycles. The molecule has 1 fully saturated rings. The van der Waals surface area contributed by atoms with E-state index in [1.54, 1.807) is 4.68 Å². The van der Waals surface area contributed by atoms with Crippen LogP contribution < -0.4 is 11.1 Å². The molecule has 5 heteroatoms. The third-order valence-electron chi connectivity index (χ3n) is 3.71. The van der Waals surface area contributed by atoms with Crippen LogP contribution in [0.4, 0.5) is 0 Å². The van der Waals surface area contributed by atoms with Gasteiger partial charge in [0.15, 0.2) is 0 Å². The van der Waals surface area contributed by atoms with E-state index < -0.39 is 0 Å². The van der Waals surface area contributed by atoms with Crippen molar-refractivity contribution in [2.75, 3.05) is 6.54 Å². The average Bonchev–Trinajstić information content (AvgIpc) is 2.95. The van der Waals surface area contributed by atoms with E-state index in [0.29, 0.717) is 18.9 Å². The highest BCUT2D eigenvalue weighted by Gasteiger charge is 2.26. The van der Waals surface area contributed by atoms with E-state index in [-0.39, 0.29) is 11.9 Å². The zero-order valence-electron chi connectivity index (χ0n) is 10.9. The van der Waals surface area contributed by atoms with Crippen molar-refractivity contribution in [3.05, 3.63) is 18.0 Å². The van der Waals surface area contributed by atoms with Crippen LogP contribution in [0.25, 0.3) is 0 Å². The fourth-order valence-corrected chi connectivity index (χ4v) is 2.65. The molecule has 1 saturated carbocycles. The molecule has 1 heterocycles. The molecule has 0 radical (unpaired) electrons. The van der Waals surface area contributed by atoms with E-state index in [0.717, 1.165) is 24.8 Å². The molecule has 2 rings (SSSR count). The van der Waals surface area contributed by atoms with Gasteiger partial charge in [-0.05, 0) is 37.3 Å². The van der Waals surface area contributed by atoms with Crippen molar-refractivity contribution in [1.29, 1.82) is 0 Å². The van der Waals surface area contributed by atoms with Crippen LogP contribution in [0.15, 0.2) is 12.4 Å². The first kappa shape index (κ1) is 13.1. The summed E-state index contributed by atoms with van der Waals surface area (Å²) < 4.78 is 1.76. The maximum absolute atomic E-state index is 11.9. The van der Waals surface area contributed by atoms with Gasteiger partial charge in [-0.1, -0.05) is 6.42 Å². The van der Waals surface area contributed by atoms with Gasteiger partial charge in [0.25, 0.3) is 0 Å². The molecule has 1 aromatic rings. The molecular weight excluding hydrogens is 228 g/mol. The van der Waals surface area contributed by atoms with Crippen molar-refractivity contribution in [3.8, 4) is 0 Å². The number of rotatable bonds is 5. The Hall–Kier alpha value is -1.36. The maximum Gasteiger partial charge on any atom is 0.220 e. The lowest BCUT2D eigenvalue weighted by atomic mass is 10.0. The summed E-state index contributed by atoms with van der Waals surface area (Å²) in [5, 5.41) is 7.20. The summed E-state index contributed by atoms with van der Waals surface area (Å²) in [5.74, 6) is 0.594. The Balaban J connectivity index is 1.75. The van der Waals surface area contributed by atoms with E-state index in [4.69, 9.17) is 5.73 Å². The molecule has 1 aliphatic rings. The standard InChI is InChI=1S/C13H22N4O/c1-17-9-10(8-15-17)5-6-13(18)16-12-4-2-3-11(12)7-14/h8-9,11-12H,2-7,14H2,1H3,(H,16,18). The third kappa shape index (κ3) is 3.32. The van der Waals surface area contributed by atoms with E-state index in [9.17, 15) is 4.79 Å². The molecule has 5 nitrogen and oxygen atoms in total. The van der Waals surface area contributed by atoms with Gasteiger partial charge in [0.1, 0.15) is 0 Å². The fraction of sp³-hybridized carbons (Fsp3) is 0.692. The van der Waals surface area contributed by atoms with Crippen LogP contribution in [-0.4, -0.2) is 28.3 Å². The number of nitrogens with zero attached hydrogens (tertiary/aromatic N) is 2. The van der Waals surface area contributed by atoms with Gasteiger partial charge in [-0.25, -0.2) is 0 Å². The molecule has 0 bridgehead atoms. The summed E-state index contributed by atoms with van der Waals surface area (Å²) in [4.78, 5) is 11.9. The molecule has 2 atom stereocenters. The molecule has 0 aliphatic heterocycles. The third-order valence-corrected chi connectivity index (χ3v) is 3.71. The highest BCUT2D eigenvalue weighted by Crippen LogP contribution is 2.24. The Morgan fingerprint density at radius 2 is 2.44 bits per heavy atom. The molecule has 100 valence electrons. The largest absolute Gasteiger partial charge is 0.353 e. The molecule has 3 N–H and O–H groups in total. The number of hydrogen-bond donors (Lipinski definition) is 2. The van der Waals surface area contributed by atoms with Gasteiger partial charge in [-0.15, -0.1) is 0 Å². The lowest BCUT2D eigenvalue weighted by Crippen LogP contribution is -2.39. The van der Waals surface area contributed by atoms with Gasteiger partial charge in [0, 0.05) is 25.7 Å². The molecule has 18 heavy (non-hydrogen) atoms. The topological polar surface area (TPSA) is 72.9 Å². The fourth-order valence-electron chi connectivity index (χ4n) is 2.65. The van der Waals surface area contributed by atoms with Crippen LogP contribution in [0.3, 0.4) is 0 Å². The van der Waals surface area contributed by atoms with Crippen molar-refractivity contribution < 1.29 is 4.79 Å². The Bertz CT molecular complexity index is 401. The average molecular weight is 250 g/mol. The van der Waals surface area contributed by atoms with Crippen LogP contribution in [-0.2, 0) is 18.3 Å². The van der Waals surface area contributed by atoms with Crippen LogP contribution in [0.2, 0.25) is 0 Å². The van der Waals surface area contributed by atoms with Gasteiger partial charge in [0.05, 0.1) is 6.20 Å². The van der Waals surface area contributed by atoms with Crippen LogP contribution in [0.5, 0.6) is 0 Å². The Labute approximate surface area is 108 Å². The molecule has 0 aromatic carbocycles. The highest BCUT2D eigenvalue weighted by atomic mass is 16.1. The first-order chi connectivity index (χ1) is 8.69. The quantitative estimate of drug-likeness (QED) is 0.803. The van der Waals surface area contributed by atoms with Crippen molar-refractivity contribution in [2.24, 2.45) is 18.7 Å². The lowest BCUT2D eigenvalue weighted by molar-refractivity contribution is -0.122. The number of amides is 1. The number of aryl methyl sites for hydroxylation is 2. The zero-order chi connectivity index (χ0) is 13.0. The van der Waals surface area contributed by atoms with Crippen molar-refractivity contribution in [3.63, 3.8) is 0 Å². The number of aromatic nitrogens is 2. The SMILES string of the molecule is Cn1cc(CCC(=O)NC2CCCC2CN)cn1. The minimum absolute atomic E-state index is 0.129. The zero-order valence-corrected chi connectivity index (χ0v) is 10.9.